The summed E-state index contributed by atoms with van der Waals surface area (Å²) in [6, 6.07) is 7.90. The Bertz CT molecular complexity index is 1040. The van der Waals surface area contributed by atoms with Crippen LogP contribution in [0.2, 0.25) is 0 Å². The van der Waals surface area contributed by atoms with E-state index in [0.29, 0.717) is 25.2 Å². The molecule has 0 radical (unpaired) electrons. The molecule has 0 aliphatic carbocycles. The highest BCUT2D eigenvalue weighted by Crippen LogP contribution is 2.28. The third-order valence-corrected chi connectivity index (χ3v) is 6.99. The molecule has 2 aromatic rings. The van der Waals surface area contributed by atoms with E-state index in [-0.39, 0.29) is 29.6 Å². The molecule has 0 unspecified atom stereocenters. The van der Waals surface area contributed by atoms with Crippen LogP contribution in [-0.2, 0) is 14.8 Å². The highest BCUT2D eigenvalue weighted by Gasteiger charge is 2.32. The van der Waals surface area contributed by atoms with Gasteiger partial charge >= 0.3 is 0 Å². The Balaban J connectivity index is 1.63. The third kappa shape index (κ3) is 4.79. The SMILES string of the molecule is CCOc1ccc(S(=O)(=O)N2CCC(C(=O)Nc3ccc(F)c(F)c3)CC2)cc1C. The van der Waals surface area contributed by atoms with Gasteiger partial charge in [-0.05, 0) is 62.6 Å². The monoisotopic (exact) mass is 438 g/mol. The van der Waals surface area contributed by atoms with Crippen LogP contribution in [0.25, 0.3) is 0 Å². The molecule has 1 heterocycles. The molecular weight excluding hydrogens is 414 g/mol. The molecule has 162 valence electrons. The van der Waals surface area contributed by atoms with Crippen molar-refractivity contribution in [2.24, 2.45) is 5.92 Å². The van der Waals surface area contributed by atoms with Crippen LogP contribution in [0, 0.1) is 24.5 Å². The Morgan fingerprint density at radius 3 is 2.43 bits per heavy atom. The number of ether oxygens (including phenoxy) is 1. The second-order valence-corrected chi connectivity index (χ2v) is 9.09. The zero-order valence-electron chi connectivity index (χ0n) is 16.8. The Hall–Kier alpha value is -2.52. The maximum absolute atomic E-state index is 13.3. The summed E-state index contributed by atoms with van der Waals surface area (Å²) in [6.45, 7) is 4.54. The number of hydrogen-bond donors (Lipinski definition) is 1. The van der Waals surface area contributed by atoms with Crippen LogP contribution in [0.3, 0.4) is 0 Å². The predicted molar refractivity (Wildman–Crippen MR) is 109 cm³/mol. The molecule has 1 aliphatic heterocycles. The van der Waals surface area contributed by atoms with Crippen molar-refractivity contribution in [1.29, 1.82) is 0 Å². The Morgan fingerprint density at radius 2 is 1.83 bits per heavy atom. The van der Waals surface area contributed by atoms with Crippen LogP contribution in [0.5, 0.6) is 5.75 Å². The molecule has 0 spiro atoms. The van der Waals surface area contributed by atoms with Gasteiger partial charge in [0.05, 0.1) is 11.5 Å². The van der Waals surface area contributed by atoms with Gasteiger partial charge in [0.15, 0.2) is 11.6 Å². The minimum Gasteiger partial charge on any atom is -0.494 e. The number of hydrogen-bond acceptors (Lipinski definition) is 4. The number of nitrogens with one attached hydrogen (secondary N) is 1. The lowest BCUT2D eigenvalue weighted by molar-refractivity contribution is -0.120. The first kappa shape index (κ1) is 22.2. The van der Waals surface area contributed by atoms with Crippen LogP contribution in [-0.4, -0.2) is 38.3 Å². The number of benzene rings is 2. The van der Waals surface area contributed by atoms with E-state index >= 15 is 0 Å². The van der Waals surface area contributed by atoms with E-state index in [1.54, 1.807) is 19.1 Å². The van der Waals surface area contributed by atoms with Crippen LogP contribution in [0.1, 0.15) is 25.3 Å². The zero-order valence-corrected chi connectivity index (χ0v) is 17.6. The number of anilines is 1. The standard InChI is InChI=1S/C21H24F2N2O4S/c1-3-29-20-7-5-17(12-14(20)2)30(27,28)25-10-8-15(9-11-25)21(26)24-16-4-6-18(22)19(23)13-16/h4-7,12-13,15H,3,8-11H2,1-2H3,(H,24,26). The van der Waals surface area contributed by atoms with Crippen molar-refractivity contribution in [3.63, 3.8) is 0 Å². The highest BCUT2D eigenvalue weighted by molar-refractivity contribution is 7.89. The van der Waals surface area contributed by atoms with Gasteiger partial charge in [-0.25, -0.2) is 17.2 Å². The summed E-state index contributed by atoms with van der Waals surface area (Å²) in [7, 11) is -3.68. The first-order valence-corrected chi connectivity index (χ1v) is 11.2. The number of halogens is 2. The van der Waals surface area contributed by atoms with Gasteiger partial charge in [0.1, 0.15) is 5.75 Å². The lowest BCUT2D eigenvalue weighted by atomic mass is 9.97. The number of aryl methyl sites for hydroxylation is 1. The molecule has 1 aliphatic rings. The maximum Gasteiger partial charge on any atom is 0.243 e. The fourth-order valence-electron chi connectivity index (χ4n) is 3.43. The summed E-state index contributed by atoms with van der Waals surface area (Å²) in [5.74, 6) is -2.14. The van der Waals surface area contributed by atoms with Gasteiger partial charge in [0, 0.05) is 30.8 Å². The first-order valence-electron chi connectivity index (χ1n) is 9.72. The number of rotatable bonds is 6. The number of carbonyl (C=O) groups excluding carboxylic acids is 1. The minimum absolute atomic E-state index is 0.166. The Morgan fingerprint density at radius 1 is 1.13 bits per heavy atom. The number of sulfonamides is 1. The first-order chi connectivity index (χ1) is 14.2. The molecule has 3 rings (SSSR count). The summed E-state index contributed by atoms with van der Waals surface area (Å²) in [5.41, 5.74) is 0.900. The number of carbonyl (C=O) groups is 1. The Kier molecular flexibility index (Phi) is 6.72. The van der Waals surface area contributed by atoms with Crippen molar-refractivity contribution in [3.05, 3.63) is 53.6 Å². The van der Waals surface area contributed by atoms with Crippen LogP contribution >= 0.6 is 0 Å². The van der Waals surface area contributed by atoms with Gasteiger partial charge in [-0.15, -0.1) is 0 Å². The Labute approximate surface area is 174 Å². The van der Waals surface area contributed by atoms with E-state index in [0.717, 1.165) is 17.7 Å². The molecule has 1 saturated heterocycles. The molecule has 6 nitrogen and oxygen atoms in total. The van der Waals surface area contributed by atoms with E-state index in [9.17, 15) is 22.0 Å². The van der Waals surface area contributed by atoms with Gasteiger partial charge in [-0.2, -0.15) is 4.31 Å². The molecule has 1 N–H and O–H groups in total. The second-order valence-electron chi connectivity index (χ2n) is 7.16. The predicted octanol–water partition coefficient (Wildman–Crippen LogP) is 3.71. The average Bonchev–Trinajstić information content (AvgIpc) is 2.72. The minimum atomic E-state index is -3.68. The molecular formula is C21H24F2N2O4S. The molecule has 9 heteroatoms. The fraction of sp³-hybridized carbons (Fsp3) is 0.381. The van der Waals surface area contributed by atoms with Gasteiger partial charge in [0.25, 0.3) is 0 Å². The zero-order chi connectivity index (χ0) is 21.9. The largest absolute Gasteiger partial charge is 0.494 e. The lowest BCUT2D eigenvalue weighted by Crippen LogP contribution is -2.41. The van der Waals surface area contributed by atoms with E-state index in [1.165, 1.54) is 16.4 Å². The van der Waals surface area contributed by atoms with Crippen molar-refractivity contribution in [2.45, 2.75) is 31.6 Å². The van der Waals surface area contributed by atoms with Crippen molar-refractivity contribution in [1.82, 2.24) is 4.31 Å². The van der Waals surface area contributed by atoms with Crippen LogP contribution in [0.15, 0.2) is 41.3 Å². The average molecular weight is 438 g/mol. The van der Waals surface area contributed by atoms with E-state index in [2.05, 4.69) is 5.32 Å². The topological polar surface area (TPSA) is 75.7 Å². The van der Waals surface area contributed by atoms with Gasteiger partial charge in [0.2, 0.25) is 15.9 Å². The van der Waals surface area contributed by atoms with E-state index in [1.807, 2.05) is 6.92 Å². The van der Waals surface area contributed by atoms with Gasteiger partial charge in [-0.3, -0.25) is 4.79 Å². The summed E-state index contributed by atoms with van der Waals surface area (Å²) >= 11 is 0. The molecule has 0 atom stereocenters. The molecule has 1 fully saturated rings. The number of amides is 1. The molecule has 0 aromatic heterocycles. The van der Waals surface area contributed by atoms with Crippen molar-refractivity contribution in [2.75, 3.05) is 25.0 Å². The van der Waals surface area contributed by atoms with Crippen molar-refractivity contribution >= 4 is 21.6 Å². The van der Waals surface area contributed by atoms with Crippen molar-refractivity contribution < 1.29 is 26.7 Å². The van der Waals surface area contributed by atoms with Crippen LogP contribution < -0.4 is 10.1 Å². The summed E-state index contributed by atoms with van der Waals surface area (Å²) in [6.07, 6.45) is 0.676. The molecule has 0 bridgehead atoms. The van der Waals surface area contributed by atoms with E-state index < -0.39 is 27.6 Å². The smallest absolute Gasteiger partial charge is 0.243 e. The summed E-state index contributed by atoms with van der Waals surface area (Å²) in [5, 5.41) is 2.56. The molecule has 1 amide bonds. The highest BCUT2D eigenvalue weighted by atomic mass is 32.2. The molecule has 2 aromatic carbocycles. The lowest BCUT2D eigenvalue weighted by Gasteiger charge is -2.30. The number of piperidine rings is 1. The number of nitrogens with zero attached hydrogens (tertiary/aromatic N) is 1. The summed E-state index contributed by atoms with van der Waals surface area (Å²) < 4.78 is 59.0. The molecule has 0 saturated carbocycles. The third-order valence-electron chi connectivity index (χ3n) is 5.10. The fourth-order valence-corrected chi connectivity index (χ4v) is 4.98. The van der Waals surface area contributed by atoms with E-state index in [4.69, 9.17) is 4.74 Å². The molecule has 30 heavy (non-hydrogen) atoms. The second kappa shape index (κ2) is 9.09. The van der Waals surface area contributed by atoms with Gasteiger partial charge in [-0.1, -0.05) is 0 Å². The van der Waals surface area contributed by atoms with Crippen LogP contribution in [0.4, 0.5) is 14.5 Å². The van der Waals surface area contributed by atoms with Gasteiger partial charge < -0.3 is 10.1 Å². The normalized spacial score (nSPS) is 15.7. The maximum atomic E-state index is 13.3. The quantitative estimate of drug-likeness (QED) is 0.746. The summed E-state index contributed by atoms with van der Waals surface area (Å²) in [4.78, 5) is 12.6. The van der Waals surface area contributed by atoms with Crippen molar-refractivity contribution in [3.8, 4) is 5.75 Å².